The molecule has 0 unspecified atom stereocenters. The van der Waals surface area contributed by atoms with Crippen LogP contribution in [0.5, 0.6) is 0 Å². The van der Waals surface area contributed by atoms with Gasteiger partial charge in [-0.25, -0.2) is 4.98 Å². The quantitative estimate of drug-likeness (QED) is 0.436. The fourth-order valence-electron chi connectivity index (χ4n) is 3.47. The van der Waals surface area contributed by atoms with Crippen LogP contribution in [0.15, 0.2) is 60.7 Å². The maximum Gasteiger partial charge on any atom is 0.114 e. The average molecular weight is 349 g/mol. The number of aromatic nitrogens is 2. The third-order valence-electron chi connectivity index (χ3n) is 4.57. The first-order chi connectivity index (χ1) is 12.1. The van der Waals surface area contributed by atoms with Crippen LogP contribution < -0.4 is 0 Å². The van der Waals surface area contributed by atoms with E-state index < -0.39 is 0 Å². The van der Waals surface area contributed by atoms with Gasteiger partial charge in [0.2, 0.25) is 0 Å². The molecule has 126 valence electrons. The number of halogens is 1. The molecule has 0 bridgehead atoms. The molecule has 0 N–H and O–H groups in total. The summed E-state index contributed by atoms with van der Waals surface area (Å²) in [5.74, 6) is 1.64. The summed E-state index contributed by atoms with van der Waals surface area (Å²) in [6, 6.07) is 21.0. The minimum atomic E-state index is 0.544. The second-order valence-electron chi connectivity index (χ2n) is 6.98. The van der Waals surface area contributed by atoms with E-state index in [9.17, 15) is 0 Å². The van der Waals surface area contributed by atoms with Crippen LogP contribution in [0, 0.1) is 5.92 Å². The van der Waals surface area contributed by atoms with Crippen molar-refractivity contribution in [1.29, 1.82) is 0 Å². The number of hydrogen-bond donors (Lipinski definition) is 0. The molecule has 0 fully saturated rings. The Labute approximate surface area is 153 Å². The van der Waals surface area contributed by atoms with Crippen LogP contribution in [0.4, 0.5) is 0 Å². The Morgan fingerprint density at radius 2 is 1.80 bits per heavy atom. The highest BCUT2D eigenvalue weighted by molar-refractivity contribution is 6.31. The van der Waals surface area contributed by atoms with E-state index in [0.717, 1.165) is 34.8 Å². The van der Waals surface area contributed by atoms with E-state index in [2.05, 4.69) is 60.9 Å². The molecule has 1 heterocycles. The molecular formula is C22H21ClN2. The lowest BCUT2D eigenvalue weighted by Gasteiger charge is -2.13. The first kappa shape index (κ1) is 16.2. The Bertz CT molecular complexity index is 1040. The highest BCUT2D eigenvalue weighted by Gasteiger charge is 2.14. The van der Waals surface area contributed by atoms with Gasteiger partial charge in [-0.1, -0.05) is 67.9 Å². The Hall–Kier alpha value is -2.32. The summed E-state index contributed by atoms with van der Waals surface area (Å²) in [5.41, 5.74) is 3.45. The van der Waals surface area contributed by atoms with Gasteiger partial charge >= 0.3 is 0 Å². The lowest BCUT2D eigenvalue weighted by Crippen LogP contribution is -2.09. The van der Waals surface area contributed by atoms with Gasteiger partial charge in [0.05, 0.1) is 11.0 Å². The molecule has 0 aliphatic carbocycles. The average Bonchev–Trinajstić information content (AvgIpc) is 2.92. The van der Waals surface area contributed by atoms with Crippen molar-refractivity contribution >= 4 is 33.4 Å². The van der Waals surface area contributed by atoms with Crippen molar-refractivity contribution < 1.29 is 0 Å². The van der Waals surface area contributed by atoms with E-state index in [1.165, 1.54) is 16.3 Å². The molecule has 2 nitrogen and oxygen atoms in total. The summed E-state index contributed by atoms with van der Waals surface area (Å²) in [5, 5.41) is 3.33. The summed E-state index contributed by atoms with van der Waals surface area (Å²) in [4.78, 5) is 4.91. The highest BCUT2D eigenvalue weighted by atomic mass is 35.5. The molecule has 0 spiro atoms. The van der Waals surface area contributed by atoms with Gasteiger partial charge in [0.1, 0.15) is 5.82 Å². The van der Waals surface area contributed by atoms with Gasteiger partial charge in [0.25, 0.3) is 0 Å². The molecule has 4 aromatic rings. The highest BCUT2D eigenvalue weighted by Crippen LogP contribution is 2.26. The number of imidazole rings is 1. The zero-order chi connectivity index (χ0) is 17.4. The number of rotatable bonds is 4. The summed E-state index contributed by atoms with van der Waals surface area (Å²) < 4.78 is 2.33. The molecule has 0 amide bonds. The number of hydrogen-bond acceptors (Lipinski definition) is 1. The minimum absolute atomic E-state index is 0.544. The van der Waals surface area contributed by atoms with Gasteiger partial charge in [-0.3, -0.25) is 0 Å². The van der Waals surface area contributed by atoms with Crippen molar-refractivity contribution in [2.75, 3.05) is 0 Å². The minimum Gasteiger partial charge on any atom is -0.327 e. The van der Waals surface area contributed by atoms with Crippen molar-refractivity contribution in [3.05, 3.63) is 77.1 Å². The molecule has 0 aliphatic heterocycles. The van der Waals surface area contributed by atoms with Gasteiger partial charge in [-0.05, 0) is 40.5 Å². The topological polar surface area (TPSA) is 17.8 Å². The summed E-state index contributed by atoms with van der Waals surface area (Å²) in [7, 11) is 0. The fraction of sp³-hybridized carbons (Fsp3) is 0.227. The number of benzene rings is 3. The lowest BCUT2D eigenvalue weighted by molar-refractivity contribution is 0.520. The summed E-state index contributed by atoms with van der Waals surface area (Å²) in [6.45, 7) is 5.41. The summed E-state index contributed by atoms with van der Waals surface area (Å²) in [6.07, 6.45) is 0.820. The largest absolute Gasteiger partial charge is 0.327 e. The molecule has 0 saturated carbocycles. The monoisotopic (exact) mass is 348 g/mol. The van der Waals surface area contributed by atoms with Crippen LogP contribution in [0.2, 0.25) is 5.02 Å². The molecule has 1 aromatic heterocycles. The number of fused-ring (bicyclic) bond motifs is 2. The molecule has 0 atom stereocenters. The SMILES string of the molecule is CC(C)Cn1c(Cc2cccc3ccccc23)nc2ccc(Cl)cc21. The van der Waals surface area contributed by atoms with Crippen LogP contribution in [-0.2, 0) is 13.0 Å². The molecule has 3 heteroatoms. The van der Waals surface area contributed by atoms with Gasteiger partial charge < -0.3 is 4.57 Å². The molecular weight excluding hydrogens is 328 g/mol. The van der Waals surface area contributed by atoms with E-state index in [4.69, 9.17) is 16.6 Å². The molecule has 25 heavy (non-hydrogen) atoms. The van der Waals surface area contributed by atoms with Crippen LogP contribution in [0.25, 0.3) is 21.8 Å². The van der Waals surface area contributed by atoms with E-state index in [0.29, 0.717) is 5.92 Å². The second kappa shape index (κ2) is 6.53. The standard InChI is InChI=1S/C22H21ClN2/c1-15(2)14-25-21-13-18(23)10-11-20(21)24-22(25)12-17-8-5-7-16-6-3-4-9-19(16)17/h3-11,13,15H,12,14H2,1-2H3. The number of nitrogens with zero attached hydrogens (tertiary/aromatic N) is 2. The van der Waals surface area contributed by atoms with E-state index in [-0.39, 0.29) is 0 Å². The molecule has 4 rings (SSSR count). The maximum absolute atomic E-state index is 6.23. The van der Waals surface area contributed by atoms with Crippen LogP contribution in [0.1, 0.15) is 25.2 Å². The Morgan fingerprint density at radius 1 is 1.00 bits per heavy atom. The molecule has 0 radical (unpaired) electrons. The van der Waals surface area contributed by atoms with Crippen molar-refractivity contribution in [2.45, 2.75) is 26.8 Å². The zero-order valence-corrected chi connectivity index (χ0v) is 15.3. The van der Waals surface area contributed by atoms with Gasteiger partial charge in [-0.2, -0.15) is 0 Å². The summed E-state index contributed by atoms with van der Waals surface area (Å²) >= 11 is 6.23. The predicted octanol–water partition coefficient (Wildman–Crippen LogP) is 6.09. The third kappa shape index (κ3) is 3.14. The van der Waals surface area contributed by atoms with Gasteiger partial charge in [0.15, 0.2) is 0 Å². The fourth-order valence-corrected chi connectivity index (χ4v) is 3.63. The third-order valence-corrected chi connectivity index (χ3v) is 4.80. The van der Waals surface area contributed by atoms with Crippen LogP contribution >= 0.6 is 11.6 Å². The second-order valence-corrected chi connectivity index (χ2v) is 7.42. The van der Waals surface area contributed by atoms with E-state index >= 15 is 0 Å². The normalized spacial score (nSPS) is 11.7. The van der Waals surface area contributed by atoms with Crippen LogP contribution in [0.3, 0.4) is 0 Å². The zero-order valence-electron chi connectivity index (χ0n) is 14.5. The maximum atomic E-state index is 6.23. The smallest absolute Gasteiger partial charge is 0.114 e. The molecule has 0 aliphatic rings. The Balaban J connectivity index is 1.85. The van der Waals surface area contributed by atoms with Crippen molar-refractivity contribution in [1.82, 2.24) is 9.55 Å². The van der Waals surface area contributed by atoms with Crippen LogP contribution in [-0.4, -0.2) is 9.55 Å². The molecule has 3 aromatic carbocycles. The Kier molecular flexibility index (Phi) is 4.22. The van der Waals surface area contributed by atoms with E-state index in [1.54, 1.807) is 0 Å². The first-order valence-corrected chi connectivity index (χ1v) is 9.11. The van der Waals surface area contributed by atoms with Crippen molar-refractivity contribution in [3.63, 3.8) is 0 Å². The molecule has 0 saturated heterocycles. The van der Waals surface area contributed by atoms with Gasteiger partial charge in [0, 0.05) is 18.0 Å². The first-order valence-electron chi connectivity index (χ1n) is 8.73. The Morgan fingerprint density at radius 3 is 2.64 bits per heavy atom. The lowest BCUT2D eigenvalue weighted by atomic mass is 10.0. The van der Waals surface area contributed by atoms with Gasteiger partial charge in [-0.15, -0.1) is 0 Å². The van der Waals surface area contributed by atoms with Crippen molar-refractivity contribution in [2.24, 2.45) is 5.92 Å². The predicted molar refractivity (Wildman–Crippen MR) is 106 cm³/mol. The van der Waals surface area contributed by atoms with E-state index in [1.807, 2.05) is 18.2 Å². The van der Waals surface area contributed by atoms with Crippen molar-refractivity contribution in [3.8, 4) is 0 Å².